The average Bonchev–Trinajstić information content (AvgIpc) is 2.51. The Balaban J connectivity index is 1.83. The van der Waals surface area contributed by atoms with Crippen molar-refractivity contribution in [3.63, 3.8) is 0 Å². The molecule has 0 fully saturated rings. The van der Waals surface area contributed by atoms with Crippen LogP contribution in [0, 0.1) is 0 Å². The zero-order valence-corrected chi connectivity index (χ0v) is 12.3. The molecule has 1 atom stereocenters. The van der Waals surface area contributed by atoms with E-state index in [1.54, 1.807) is 0 Å². The molecular weight excluding hydrogens is 260 g/mol. The lowest BCUT2D eigenvalue weighted by molar-refractivity contribution is 0.151. The second-order valence-electron chi connectivity index (χ2n) is 5.83. The first-order chi connectivity index (χ1) is 10.3. The van der Waals surface area contributed by atoms with Crippen molar-refractivity contribution in [1.82, 2.24) is 0 Å². The normalized spacial score (nSPS) is 19.4. The molecular formula is C19H22O2. The molecule has 0 unspecified atom stereocenters. The lowest BCUT2D eigenvalue weighted by atomic mass is 10.0. The summed E-state index contributed by atoms with van der Waals surface area (Å²) < 4.78 is 5.92. The Morgan fingerprint density at radius 3 is 2.52 bits per heavy atom. The molecule has 0 radical (unpaired) electrons. The molecule has 0 saturated carbocycles. The van der Waals surface area contributed by atoms with Gasteiger partial charge in [0.1, 0.15) is 11.5 Å². The number of ether oxygens (including phenoxy) is 1. The van der Waals surface area contributed by atoms with E-state index < -0.39 is 0 Å². The third kappa shape index (κ3) is 4.08. The molecule has 2 aromatic carbocycles. The molecule has 2 aromatic rings. The topological polar surface area (TPSA) is 29.5 Å². The number of aryl methyl sites for hydroxylation is 2. The number of aliphatic hydroxyl groups excluding tert-OH is 1. The van der Waals surface area contributed by atoms with E-state index in [4.69, 9.17) is 4.74 Å². The van der Waals surface area contributed by atoms with Crippen LogP contribution in [0.2, 0.25) is 0 Å². The van der Waals surface area contributed by atoms with Crippen LogP contribution in [-0.2, 0) is 12.8 Å². The number of fused-ring (bicyclic) bond motifs is 8. The molecule has 4 bridgehead atoms. The van der Waals surface area contributed by atoms with E-state index in [2.05, 4.69) is 24.3 Å². The summed E-state index contributed by atoms with van der Waals surface area (Å²) in [5, 5.41) is 10.0. The maximum Gasteiger partial charge on any atom is 0.127 e. The molecule has 1 N–H and O–H groups in total. The molecule has 21 heavy (non-hydrogen) atoms. The minimum Gasteiger partial charge on any atom is -0.457 e. The zero-order chi connectivity index (χ0) is 14.5. The van der Waals surface area contributed by atoms with Crippen LogP contribution in [0.25, 0.3) is 0 Å². The quantitative estimate of drug-likeness (QED) is 0.771. The van der Waals surface area contributed by atoms with Crippen molar-refractivity contribution >= 4 is 0 Å². The van der Waals surface area contributed by atoms with Crippen LogP contribution in [0.15, 0.2) is 48.5 Å². The summed E-state index contributed by atoms with van der Waals surface area (Å²) in [6, 6.07) is 16.5. The van der Waals surface area contributed by atoms with Gasteiger partial charge in [0.05, 0.1) is 6.10 Å². The molecule has 2 nitrogen and oxygen atoms in total. The average molecular weight is 282 g/mol. The van der Waals surface area contributed by atoms with Gasteiger partial charge in [-0.05, 0) is 67.5 Å². The first kappa shape index (κ1) is 14.2. The third-order valence-corrected chi connectivity index (χ3v) is 4.08. The van der Waals surface area contributed by atoms with Gasteiger partial charge in [-0.3, -0.25) is 0 Å². The summed E-state index contributed by atoms with van der Waals surface area (Å²) >= 11 is 0. The zero-order valence-electron chi connectivity index (χ0n) is 12.3. The Kier molecular flexibility index (Phi) is 4.56. The monoisotopic (exact) mass is 282 g/mol. The summed E-state index contributed by atoms with van der Waals surface area (Å²) in [6.07, 6.45) is 5.71. The molecule has 2 aliphatic rings. The standard InChI is InChI=1S/C19H22O2/c20-17-6-2-1-4-16-5-3-7-19(14-16)21-18-12-9-15(8-11-17)10-13-18/h3,5,7,9-10,12-14,17,20H,1-2,4,6,8,11H2/t17-/m0/s1. The second kappa shape index (κ2) is 6.77. The molecule has 0 saturated heterocycles. The fraction of sp³-hybridized carbons (Fsp3) is 0.368. The molecule has 0 amide bonds. The van der Waals surface area contributed by atoms with Crippen molar-refractivity contribution in [3.05, 3.63) is 59.7 Å². The van der Waals surface area contributed by atoms with Crippen LogP contribution < -0.4 is 4.74 Å². The molecule has 2 heterocycles. The second-order valence-corrected chi connectivity index (χ2v) is 5.83. The van der Waals surface area contributed by atoms with E-state index in [9.17, 15) is 5.11 Å². The van der Waals surface area contributed by atoms with Crippen molar-refractivity contribution in [2.45, 2.75) is 44.6 Å². The first-order valence-corrected chi connectivity index (χ1v) is 7.83. The van der Waals surface area contributed by atoms with E-state index in [0.717, 1.165) is 50.0 Å². The number of hydrogen-bond donors (Lipinski definition) is 1. The first-order valence-electron chi connectivity index (χ1n) is 7.83. The highest BCUT2D eigenvalue weighted by Gasteiger charge is 2.07. The van der Waals surface area contributed by atoms with Crippen molar-refractivity contribution in [2.24, 2.45) is 0 Å². The van der Waals surface area contributed by atoms with Gasteiger partial charge in [-0.15, -0.1) is 0 Å². The Morgan fingerprint density at radius 1 is 0.810 bits per heavy atom. The van der Waals surface area contributed by atoms with Gasteiger partial charge in [-0.2, -0.15) is 0 Å². The van der Waals surface area contributed by atoms with Gasteiger partial charge in [0.2, 0.25) is 0 Å². The number of benzene rings is 2. The highest BCUT2D eigenvalue weighted by molar-refractivity contribution is 5.35. The van der Waals surface area contributed by atoms with Crippen molar-refractivity contribution in [1.29, 1.82) is 0 Å². The number of aliphatic hydroxyl groups is 1. The Bertz CT molecular complexity index is 574. The van der Waals surface area contributed by atoms with Crippen LogP contribution in [0.1, 0.15) is 36.8 Å². The minimum atomic E-state index is -0.183. The highest BCUT2D eigenvalue weighted by Crippen LogP contribution is 2.24. The fourth-order valence-corrected chi connectivity index (χ4v) is 2.81. The van der Waals surface area contributed by atoms with Gasteiger partial charge in [0, 0.05) is 0 Å². The molecule has 4 rings (SSSR count). The van der Waals surface area contributed by atoms with Crippen molar-refractivity contribution < 1.29 is 9.84 Å². The predicted molar refractivity (Wildman–Crippen MR) is 84.8 cm³/mol. The Hall–Kier alpha value is -1.80. The SMILES string of the molecule is O[C@H]1CCCCc2cccc(c2)Oc2ccc(cc2)CC1. The maximum absolute atomic E-state index is 10.0. The predicted octanol–water partition coefficient (Wildman–Crippen LogP) is 4.50. The molecule has 2 heteroatoms. The molecule has 2 aliphatic heterocycles. The molecule has 0 aromatic heterocycles. The number of hydrogen-bond acceptors (Lipinski definition) is 2. The van der Waals surface area contributed by atoms with E-state index in [-0.39, 0.29) is 6.10 Å². The van der Waals surface area contributed by atoms with Gasteiger partial charge in [-0.25, -0.2) is 0 Å². The summed E-state index contributed by atoms with van der Waals surface area (Å²) in [5.41, 5.74) is 2.55. The lowest BCUT2D eigenvalue weighted by Gasteiger charge is -2.10. The van der Waals surface area contributed by atoms with Crippen LogP contribution in [0.4, 0.5) is 0 Å². The van der Waals surface area contributed by atoms with E-state index >= 15 is 0 Å². The van der Waals surface area contributed by atoms with Gasteiger partial charge >= 0.3 is 0 Å². The number of rotatable bonds is 0. The van der Waals surface area contributed by atoms with Gasteiger partial charge in [0.25, 0.3) is 0 Å². The summed E-state index contributed by atoms with van der Waals surface area (Å²) in [6.45, 7) is 0. The van der Waals surface area contributed by atoms with Crippen molar-refractivity contribution in [3.8, 4) is 11.5 Å². The smallest absolute Gasteiger partial charge is 0.127 e. The van der Waals surface area contributed by atoms with Crippen LogP contribution in [-0.4, -0.2) is 11.2 Å². The minimum absolute atomic E-state index is 0.183. The molecule has 0 spiro atoms. The summed E-state index contributed by atoms with van der Waals surface area (Å²) in [4.78, 5) is 0. The molecule has 110 valence electrons. The van der Waals surface area contributed by atoms with Gasteiger partial charge in [0.15, 0.2) is 0 Å². The van der Waals surface area contributed by atoms with Crippen LogP contribution in [0.3, 0.4) is 0 Å². The lowest BCUT2D eigenvalue weighted by Crippen LogP contribution is -2.07. The summed E-state index contributed by atoms with van der Waals surface area (Å²) in [7, 11) is 0. The van der Waals surface area contributed by atoms with Gasteiger partial charge < -0.3 is 9.84 Å². The van der Waals surface area contributed by atoms with E-state index in [1.165, 1.54) is 11.1 Å². The van der Waals surface area contributed by atoms with E-state index in [1.807, 2.05) is 24.3 Å². The maximum atomic E-state index is 10.0. The summed E-state index contributed by atoms with van der Waals surface area (Å²) in [5.74, 6) is 1.77. The third-order valence-electron chi connectivity index (χ3n) is 4.08. The highest BCUT2D eigenvalue weighted by atomic mass is 16.5. The molecule has 0 aliphatic carbocycles. The van der Waals surface area contributed by atoms with Gasteiger partial charge in [-0.1, -0.05) is 30.7 Å². The van der Waals surface area contributed by atoms with Crippen LogP contribution >= 0.6 is 0 Å². The Morgan fingerprint density at radius 2 is 1.67 bits per heavy atom. The van der Waals surface area contributed by atoms with E-state index in [0.29, 0.717) is 0 Å². The van der Waals surface area contributed by atoms with Crippen molar-refractivity contribution in [2.75, 3.05) is 0 Å². The Labute approximate surface area is 126 Å². The fourth-order valence-electron chi connectivity index (χ4n) is 2.81. The largest absolute Gasteiger partial charge is 0.457 e. The van der Waals surface area contributed by atoms with Crippen LogP contribution in [0.5, 0.6) is 11.5 Å².